The van der Waals surface area contributed by atoms with Gasteiger partial charge in [-0.3, -0.25) is 0 Å². The summed E-state index contributed by atoms with van der Waals surface area (Å²) in [5, 5.41) is 0. The molecule has 0 heterocycles. The lowest BCUT2D eigenvalue weighted by Crippen LogP contribution is -2.25. The van der Waals surface area contributed by atoms with Crippen LogP contribution in [-0.2, 0) is 11.3 Å². The van der Waals surface area contributed by atoms with Gasteiger partial charge >= 0.3 is 0 Å². The molecule has 0 atom stereocenters. The Morgan fingerprint density at radius 1 is 0.857 bits per heavy atom. The van der Waals surface area contributed by atoms with Gasteiger partial charge in [0.1, 0.15) is 11.6 Å². The molecule has 0 aromatic heterocycles. The minimum Gasteiger partial charge on any atom is -0.377 e. The molecule has 158 valence electrons. The molecule has 3 rings (SSSR count). The summed E-state index contributed by atoms with van der Waals surface area (Å²) in [5.74, 6) is 2.10. The average Bonchev–Trinajstić information content (AvgIpc) is 2.72. The van der Waals surface area contributed by atoms with Crippen molar-refractivity contribution >= 4 is 0 Å². The van der Waals surface area contributed by atoms with Crippen molar-refractivity contribution in [3.05, 3.63) is 34.9 Å². The summed E-state index contributed by atoms with van der Waals surface area (Å²) in [4.78, 5) is 0. The van der Waals surface area contributed by atoms with Gasteiger partial charge in [-0.15, -0.1) is 0 Å². The van der Waals surface area contributed by atoms with Crippen LogP contribution in [0.5, 0.6) is 0 Å². The lowest BCUT2D eigenvalue weighted by Gasteiger charge is -2.38. The maximum absolute atomic E-state index is 14.4. The predicted molar refractivity (Wildman–Crippen MR) is 111 cm³/mol. The first kappa shape index (κ1) is 21.7. The Bertz CT molecular complexity index is 576. The Hall–Kier alpha value is -0.960. The van der Waals surface area contributed by atoms with Crippen LogP contribution in [0.4, 0.5) is 8.78 Å². The SMILES string of the molecule is CCCC[C@H]1CC[C@H]([C@H]2CC[C@H](c3cc(F)c(COCC)c(F)c3)CC2)CC1. The van der Waals surface area contributed by atoms with E-state index in [1.54, 1.807) is 12.1 Å². The molecule has 2 fully saturated rings. The highest BCUT2D eigenvalue weighted by Gasteiger charge is 2.31. The van der Waals surface area contributed by atoms with Crippen molar-refractivity contribution in [2.45, 2.75) is 97.0 Å². The fourth-order valence-electron chi connectivity index (χ4n) is 5.57. The third-order valence-corrected chi connectivity index (χ3v) is 7.38. The second-order valence-electron chi connectivity index (χ2n) is 9.13. The van der Waals surface area contributed by atoms with Crippen molar-refractivity contribution < 1.29 is 13.5 Å². The van der Waals surface area contributed by atoms with E-state index in [0.717, 1.165) is 36.2 Å². The summed E-state index contributed by atoms with van der Waals surface area (Å²) >= 11 is 0. The van der Waals surface area contributed by atoms with E-state index in [4.69, 9.17) is 4.74 Å². The normalized spacial score (nSPS) is 28.4. The Kier molecular flexibility index (Phi) is 8.32. The van der Waals surface area contributed by atoms with E-state index >= 15 is 0 Å². The van der Waals surface area contributed by atoms with Gasteiger partial charge in [-0.05, 0) is 86.8 Å². The molecule has 2 aliphatic rings. The molecule has 0 unspecified atom stereocenters. The van der Waals surface area contributed by atoms with Crippen LogP contribution < -0.4 is 0 Å². The summed E-state index contributed by atoms with van der Waals surface area (Å²) in [6, 6.07) is 3.11. The molecule has 0 N–H and O–H groups in total. The molecular formula is C25H38F2O. The molecule has 1 aromatic rings. The zero-order valence-electron chi connectivity index (χ0n) is 17.8. The third kappa shape index (κ3) is 5.55. The van der Waals surface area contributed by atoms with Gasteiger partial charge in [0.2, 0.25) is 0 Å². The molecule has 0 amide bonds. The highest BCUT2D eigenvalue weighted by atomic mass is 19.1. The molecule has 28 heavy (non-hydrogen) atoms. The summed E-state index contributed by atoms with van der Waals surface area (Å²) < 4.78 is 33.9. The number of rotatable bonds is 8. The van der Waals surface area contributed by atoms with Gasteiger partial charge in [0.25, 0.3) is 0 Å². The number of hydrogen-bond acceptors (Lipinski definition) is 1. The largest absolute Gasteiger partial charge is 0.377 e. The first-order valence-corrected chi connectivity index (χ1v) is 11.7. The molecule has 3 heteroatoms. The fourth-order valence-corrected chi connectivity index (χ4v) is 5.57. The number of ether oxygens (including phenoxy) is 1. The smallest absolute Gasteiger partial charge is 0.131 e. The molecule has 2 aliphatic carbocycles. The van der Waals surface area contributed by atoms with Crippen molar-refractivity contribution in [1.29, 1.82) is 0 Å². The van der Waals surface area contributed by atoms with E-state index in [2.05, 4.69) is 6.92 Å². The second-order valence-corrected chi connectivity index (χ2v) is 9.13. The summed E-state index contributed by atoms with van der Waals surface area (Å²) in [6.45, 7) is 4.60. The van der Waals surface area contributed by atoms with Crippen molar-refractivity contribution in [2.24, 2.45) is 17.8 Å². The van der Waals surface area contributed by atoms with Gasteiger partial charge in [0.15, 0.2) is 0 Å². The highest BCUT2D eigenvalue weighted by molar-refractivity contribution is 5.28. The van der Waals surface area contributed by atoms with Crippen LogP contribution in [0.1, 0.15) is 102 Å². The van der Waals surface area contributed by atoms with E-state index in [9.17, 15) is 8.78 Å². The zero-order chi connectivity index (χ0) is 19.9. The Morgan fingerprint density at radius 2 is 1.43 bits per heavy atom. The third-order valence-electron chi connectivity index (χ3n) is 7.38. The fraction of sp³-hybridized carbons (Fsp3) is 0.760. The Labute approximate surface area is 170 Å². The van der Waals surface area contributed by atoms with E-state index in [1.165, 1.54) is 57.8 Å². The van der Waals surface area contributed by atoms with Gasteiger partial charge in [-0.1, -0.05) is 39.0 Å². The molecule has 0 aliphatic heterocycles. The topological polar surface area (TPSA) is 9.23 Å². The van der Waals surface area contributed by atoms with E-state index < -0.39 is 11.6 Å². The maximum atomic E-state index is 14.4. The van der Waals surface area contributed by atoms with Crippen molar-refractivity contribution in [1.82, 2.24) is 0 Å². The first-order valence-electron chi connectivity index (χ1n) is 11.7. The molecule has 2 saturated carbocycles. The van der Waals surface area contributed by atoms with Crippen molar-refractivity contribution in [3.63, 3.8) is 0 Å². The molecule has 0 radical (unpaired) electrons. The Morgan fingerprint density at radius 3 is 1.96 bits per heavy atom. The van der Waals surface area contributed by atoms with E-state index in [1.807, 2.05) is 6.92 Å². The van der Waals surface area contributed by atoms with Gasteiger partial charge in [-0.25, -0.2) is 8.78 Å². The van der Waals surface area contributed by atoms with E-state index in [-0.39, 0.29) is 12.2 Å². The minimum atomic E-state index is -0.448. The summed E-state index contributed by atoms with van der Waals surface area (Å²) in [7, 11) is 0. The second kappa shape index (κ2) is 10.7. The standard InChI is InChI=1S/C25H38F2O/c1-3-5-6-18-7-9-19(10-8-18)20-11-13-21(14-12-20)22-15-24(26)23(17-28-4-2)25(27)16-22/h15-16,18-21H,3-14,17H2,1-2H3/t18-,19-,20-,21-. The highest BCUT2D eigenvalue weighted by Crippen LogP contribution is 2.44. The molecular weight excluding hydrogens is 354 g/mol. The predicted octanol–water partition coefficient (Wildman–Crippen LogP) is 7.77. The van der Waals surface area contributed by atoms with Gasteiger partial charge < -0.3 is 4.74 Å². The molecule has 1 aromatic carbocycles. The lowest BCUT2D eigenvalue weighted by atomic mass is 9.68. The summed E-state index contributed by atoms with van der Waals surface area (Å²) in [5.41, 5.74) is 0.913. The molecule has 0 bridgehead atoms. The Balaban J connectivity index is 1.50. The van der Waals surface area contributed by atoms with Crippen LogP contribution >= 0.6 is 0 Å². The first-order chi connectivity index (χ1) is 13.6. The van der Waals surface area contributed by atoms with Crippen LogP contribution in [0.25, 0.3) is 0 Å². The molecule has 0 spiro atoms. The van der Waals surface area contributed by atoms with Crippen molar-refractivity contribution in [3.8, 4) is 0 Å². The minimum absolute atomic E-state index is 0.0160. The monoisotopic (exact) mass is 392 g/mol. The van der Waals surface area contributed by atoms with Crippen LogP contribution in [0.2, 0.25) is 0 Å². The van der Waals surface area contributed by atoms with Crippen molar-refractivity contribution in [2.75, 3.05) is 6.61 Å². The average molecular weight is 393 g/mol. The van der Waals surface area contributed by atoms with Gasteiger partial charge in [0, 0.05) is 12.2 Å². The quantitative estimate of drug-likeness (QED) is 0.439. The van der Waals surface area contributed by atoms with Gasteiger partial charge in [-0.2, -0.15) is 0 Å². The van der Waals surface area contributed by atoms with Crippen LogP contribution in [0.15, 0.2) is 12.1 Å². The van der Waals surface area contributed by atoms with E-state index in [0.29, 0.717) is 12.5 Å². The number of unbranched alkanes of at least 4 members (excludes halogenated alkanes) is 1. The zero-order valence-corrected chi connectivity index (χ0v) is 17.8. The molecule has 0 saturated heterocycles. The summed E-state index contributed by atoms with van der Waals surface area (Å²) in [6.07, 6.45) is 14.4. The van der Waals surface area contributed by atoms with Crippen LogP contribution in [0, 0.1) is 29.4 Å². The molecule has 1 nitrogen and oxygen atoms in total. The number of benzene rings is 1. The van der Waals surface area contributed by atoms with Gasteiger partial charge in [0.05, 0.1) is 6.61 Å². The van der Waals surface area contributed by atoms with Crippen LogP contribution in [-0.4, -0.2) is 6.61 Å². The van der Waals surface area contributed by atoms with Crippen LogP contribution in [0.3, 0.4) is 0 Å². The lowest BCUT2D eigenvalue weighted by molar-refractivity contribution is 0.128. The maximum Gasteiger partial charge on any atom is 0.131 e. The number of hydrogen-bond donors (Lipinski definition) is 0. The number of halogens is 2.